The molecule has 1 aromatic carbocycles. The molecule has 0 spiro atoms. The largest absolute Gasteiger partial charge is 0.392 e. The molecule has 2 atom stereocenters. The number of aliphatic hydroxyl groups is 1. The Morgan fingerprint density at radius 1 is 1.29 bits per heavy atom. The summed E-state index contributed by atoms with van der Waals surface area (Å²) in [5.41, 5.74) is 2.63. The lowest BCUT2D eigenvalue weighted by molar-refractivity contribution is 0.172. The third-order valence-electron chi connectivity index (χ3n) is 3.13. The zero-order valence-corrected chi connectivity index (χ0v) is 11.0. The van der Waals surface area contributed by atoms with Gasteiger partial charge in [0.15, 0.2) is 0 Å². The number of thiophene rings is 1. The van der Waals surface area contributed by atoms with Crippen LogP contribution in [0.5, 0.6) is 0 Å². The summed E-state index contributed by atoms with van der Waals surface area (Å²) in [5.74, 6) is 0. The van der Waals surface area contributed by atoms with Gasteiger partial charge in [-0.15, -0.1) is 11.8 Å². The van der Waals surface area contributed by atoms with Gasteiger partial charge < -0.3 is 5.11 Å². The van der Waals surface area contributed by atoms with Gasteiger partial charge in [-0.3, -0.25) is 0 Å². The van der Waals surface area contributed by atoms with Crippen LogP contribution in [0.4, 0.5) is 0 Å². The third kappa shape index (κ3) is 2.41. The highest BCUT2D eigenvalue weighted by Gasteiger charge is 2.28. The van der Waals surface area contributed by atoms with Crippen LogP contribution in [0, 0.1) is 0 Å². The average Bonchev–Trinajstić information content (AvgIpc) is 2.96. The van der Waals surface area contributed by atoms with Crippen molar-refractivity contribution in [3.05, 3.63) is 52.2 Å². The molecule has 2 unspecified atom stereocenters. The maximum Gasteiger partial charge on any atom is 0.0706 e. The second kappa shape index (κ2) is 4.84. The predicted molar refractivity (Wildman–Crippen MR) is 73.8 cm³/mol. The molecule has 88 valence electrons. The molecule has 3 heteroatoms. The van der Waals surface area contributed by atoms with Crippen molar-refractivity contribution in [3.8, 4) is 0 Å². The summed E-state index contributed by atoms with van der Waals surface area (Å²) in [5, 5.41) is 14.8. The molecule has 2 heterocycles. The molecule has 17 heavy (non-hydrogen) atoms. The Balaban J connectivity index is 1.68. The summed E-state index contributed by atoms with van der Waals surface area (Å²) in [6, 6.07) is 10.6. The quantitative estimate of drug-likeness (QED) is 0.915. The molecule has 0 fully saturated rings. The minimum atomic E-state index is -0.248. The number of hydrogen-bond donors (Lipinski definition) is 1. The molecule has 1 aromatic heterocycles. The molecule has 0 bridgehead atoms. The third-order valence-corrected chi connectivity index (χ3v) is 5.29. The standard InChI is InChI=1S/C14H14OS2/c15-12(7-10-5-6-16-9-10)14-8-11-3-1-2-4-13(11)17-14/h1-6,9,12,14-15H,7-8H2. The SMILES string of the molecule is OC(Cc1ccsc1)C1Cc2ccccc2S1. The first-order valence-corrected chi connectivity index (χ1v) is 7.59. The van der Waals surface area contributed by atoms with Crippen molar-refractivity contribution < 1.29 is 5.11 Å². The maximum atomic E-state index is 10.3. The van der Waals surface area contributed by atoms with E-state index in [1.165, 1.54) is 16.0 Å². The van der Waals surface area contributed by atoms with Gasteiger partial charge in [0.05, 0.1) is 6.10 Å². The van der Waals surface area contributed by atoms with Crippen molar-refractivity contribution in [2.75, 3.05) is 0 Å². The molecule has 0 saturated carbocycles. The minimum Gasteiger partial charge on any atom is -0.392 e. The van der Waals surface area contributed by atoms with E-state index < -0.39 is 0 Å². The summed E-state index contributed by atoms with van der Waals surface area (Å²) < 4.78 is 0. The first-order valence-electron chi connectivity index (χ1n) is 5.76. The number of rotatable bonds is 3. The first kappa shape index (κ1) is 11.3. The zero-order chi connectivity index (χ0) is 11.7. The van der Waals surface area contributed by atoms with E-state index in [2.05, 4.69) is 41.1 Å². The normalized spacial score (nSPS) is 20.2. The number of thioether (sulfide) groups is 1. The second-order valence-corrected chi connectivity index (χ2v) is 6.43. The van der Waals surface area contributed by atoms with Gasteiger partial charge in [-0.05, 0) is 40.4 Å². The predicted octanol–water partition coefficient (Wildman–Crippen LogP) is 3.37. The summed E-state index contributed by atoms with van der Waals surface area (Å²) >= 11 is 3.51. The molecule has 0 saturated heterocycles. The van der Waals surface area contributed by atoms with Gasteiger partial charge in [0.2, 0.25) is 0 Å². The molecule has 3 rings (SSSR count). The smallest absolute Gasteiger partial charge is 0.0706 e. The monoisotopic (exact) mass is 262 g/mol. The van der Waals surface area contributed by atoms with Crippen LogP contribution in [-0.4, -0.2) is 16.5 Å². The molecule has 1 nitrogen and oxygen atoms in total. The van der Waals surface area contributed by atoms with Crippen molar-refractivity contribution in [1.29, 1.82) is 0 Å². The van der Waals surface area contributed by atoms with Crippen molar-refractivity contribution in [2.45, 2.75) is 29.1 Å². The summed E-state index contributed by atoms with van der Waals surface area (Å²) in [6.45, 7) is 0. The van der Waals surface area contributed by atoms with Gasteiger partial charge in [-0.25, -0.2) is 0 Å². The summed E-state index contributed by atoms with van der Waals surface area (Å²) in [6.07, 6.45) is 1.52. The van der Waals surface area contributed by atoms with Crippen molar-refractivity contribution in [1.82, 2.24) is 0 Å². The van der Waals surface area contributed by atoms with Crippen molar-refractivity contribution in [3.63, 3.8) is 0 Å². The van der Waals surface area contributed by atoms with E-state index in [1.807, 2.05) is 11.8 Å². The molecule has 1 N–H and O–H groups in total. The Labute approximate surface area is 110 Å². The van der Waals surface area contributed by atoms with E-state index in [4.69, 9.17) is 0 Å². The number of benzene rings is 1. The Kier molecular flexibility index (Phi) is 3.23. The number of hydrogen-bond acceptors (Lipinski definition) is 3. The maximum absolute atomic E-state index is 10.3. The Bertz CT molecular complexity index is 468. The van der Waals surface area contributed by atoms with Crippen LogP contribution in [0.3, 0.4) is 0 Å². The molecular weight excluding hydrogens is 248 g/mol. The number of aliphatic hydroxyl groups excluding tert-OH is 1. The Morgan fingerprint density at radius 3 is 2.94 bits per heavy atom. The summed E-state index contributed by atoms with van der Waals surface area (Å²) in [7, 11) is 0. The van der Waals surface area contributed by atoms with E-state index in [0.29, 0.717) is 5.25 Å². The van der Waals surface area contributed by atoms with E-state index in [0.717, 1.165) is 12.8 Å². The fourth-order valence-corrected chi connectivity index (χ4v) is 4.19. The van der Waals surface area contributed by atoms with Crippen molar-refractivity contribution in [2.24, 2.45) is 0 Å². The molecule has 0 amide bonds. The lowest BCUT2D eigenvalue weighted by atomic mass is 10.0. The number of fused-ring (bicyclic) bond motifs is 1. The van der Waals surface area contributed by atoms with Gasteiger partial charge in [-0.1, -0.05) is 18.2 Å². The minimum absolute atomic E-state index is 0.248. The van der Waals surface area contributed by atoms with Gasteiger partial charge in [0, 0.05) is 16.6 Å². The highest BCUT2D eigenvalue weighted by Crippen LogP contribution is 2.38. The van der Waals surface area contributed by atoms with Crippen LogP contribution in [0.1, 0.15) is 11.1 Å². The molecule has 2 aromatic rings. The van der Waals surface area contributed by atoms with Crippen molar-refractivity contribution >= 4 is 23.1 Å². The van der Waals surface area contributed by atoms with Gasteiger partial charge >= 0.3 is 0 Å². The van der Waals surface area contributed by atoms with Crippen LogP contribution >= 0.6 is 23.1 Å². The first-order chi connectivity index (χ1) is 8.33. The van der Waals surface area contributed by atoms with Crippen LogP contribution in [0.25, 0.3) is 0 Å². The molecule has 1 aliphatic heterocycles. The lowest BCUT2D eigenvalue weighted by Crippen LogP contribution is -2.24. The van der Waals surface area contributed by atoms with E-state index in [-0.39, 0.29) is 6.10 Å². The van der Waals surface area contributed by atoms with E-state index in [1.54, 1.807) is 11.3 Å². The van der Waals surface area contributed by atoms with E-state index >= 15 is 0 Å². The van der Waals surface area contributed by atoms with Gasteiger partial charge in [0.25, 0.3) is 0 Å². The lowest BCUT2D eigenvalue weighted by Gasteiger charge is -2.16. The Hall–Kier alpha value is -0.770. The molecular formula is C14H14OS2. The Morgan fingerprint density at radius 2 is 2.18 bits per heavy atom. The second-order valence-electron chi connectivity index (χ2n) is 4.37. The van der Waals surface area contributed by atoms with Crippen LogP contribution in [0.15, 0.2) is 46.0 Å². The van der Waals surface area contributed by atoms with E-state index in [9.17, 15) is 5.11 Å². The highest BCUT2D eigenvalue weighted by atomic mass is 32.2. The average molecular weight is 262 g/mol. The van der Waals surface area contributed by atoms with Gasteiger partial charge in [0.1, 0.15) is 0 Å². The van der Waals surface area contributed by atoms with Crippen LogP contribution in [0.2, 0.25) is 0 Å². The topological polar surface area (TPSA) is 20.2 Å². The van der Waals surface area contributed by atoms with Crippen LogP contribution < -0.4 is 0 Å². The van der Waals surface area contributed by atoms with Gasteiger partial charge in [-0.2, -0.15) is 11.3 Å². The molecule has 0 radical (unpaired) electrons. The molecule has 1 aliphatic rings. The zero-order valence-electron chi connectivity index (χ0n) is 9.37. The fourth-order valence-electron chi connectivity index (χ4n) is 2.21. The molecule has 0 aliphatic carbocycles. The summed E-state index contributed by atoms with van der Waals surface area (Å²) in [4.78, 5) is 1.34. The van der Waals surface area contributed by atoms with Crippen LogP contribution in [-0.2, 0) is 12.8 Å². The fraction of sp³-hybridized carbons (Fsp3) is 0.286. The highest BCUT2D eigenvalue weighted by molar-refractivity contribution is 8.00.